The molecule has 1 aliphatic rings. The van der Waals surface area contributed by atoms with Gasteiger partial charge in [0.25, 0.3) is 0 Å². The van der Waals surface area contributed by atoms with Gasteiger partial charge in [0.2, 0.25) is 5.91 Å². The molecule has 1 amide bonds. The van der Waals surface area contributed by atoms with E-state index < -0.39 is 5.41 Å². The maximum atomic E-state index is 11.8. The van der Waals surface area contributed by atoms with E-state index in [1.807, 2.05) is 55.5 Å². The second kappa shape index (κ2) is 3.97. The van der Waals surface area contributed by atoms with Crippen molar-refractivity contribution in [1.82, 2.24) is 0 Å². The van der Waals surface area contributed by atoms with Crippen LogP contribution in [0.4, 0.5) is 0 Å². The van der Waals surface area contributed by atoms with Gasteiger partial charge in [0.15, 0.2) is 0 Å². The smallest absolute Gasteiger partial charge is 0.232 e. The number of primary amides is 1. The molecule has 2 nitrogen and oxygen atoms in total. The molecule has 2 N–H and O–H groups in total. The van der Waals surface area contributed by atoms with Crippen LogP contribution in [0, 0.1) is 0 Å². The van der Waals surface area contributed by atoms with Crippen molar-refractivity contribution < 1.29 is 4.79 Å². The number of benzene rings is 1. The average molecular weight is 213 g/mol. The molecule has 1 unspecified atom stereocenters. The number of amides is 1. The first kappa shape index (κ1) is 10.7. The molecule has 1 aliphatic carbocycles. The minimum Gasteiger partial charge on any atom is -0.369 e. The van der Waals surface area contributed by atoms with E-state index >= 15 is 0 Å². The van der Waals surface area contributed by atoms with Crippen molar-refractivity contribution in [2.75, 3.05) is 0 Å². The highest BCUT2D eigenvalue weighted by atomic mass is 16.1. The van der Waals surface area contributed by atoms with Crippen molar-refractivity contribution in [3.05, 3.63) is 59.7 Å². The molecule has 0 saturated heterocycles. The molecular formula is C14H15NO. The minimum absolute atomic E-state index is 0.289. The Labute approximate surface area is 95.5 Å². The number of allylic oxidation sites excluding steroid dienone is 3. The Morgan fingerprint density at radius 2 is 2.00 bits per heavy atom. The van der Waals surface area contributed by atoms with E-state index in [4.69, 9.17) is 5.73 Å². The highest BCUT2D eigenvalue weighted by molar-refractivity contribution is 5.90. The second-order valence-corrected chi connectivity index (χ2v) is 4.25. The standard InChI is InChI=1S/C14H15NO/c1-11-6-5-9-14(10-11,13(15)16)12-7-3-2-4-8-12/h2-9H,10H2,1H3,(H2,15,16). The number of rotatable bonds is 2. The maximum absolute atomic E-state index is 11.8. The van der Waals surface area contributed by atoms with Crippen LogP contribution < -0.4 is 5.73 Å². The van der Waals surface area contributed by atoms with E-state index in [1.165, 1.54) is 5.57 Å². The van der Waals surface area contributed by atoms with Gasteiger partial charge in [0, 0.05) is 0 Å². The van der Waals surface area contributed by atoms with Crippen molar-refractivity contribution in [3.8, 4) is 0 Å². The van der Waals surface area contributed by atoms with Gasteiger partial charge >= 0.3 is 0 Å². The quantitative estimate of drug-likeness (QED) is 0.805. The highest BCUT2D eigenvalue weighted by Crippen LogP contribution is 2.35. The Bertz CT molecular complexity index is 459. The first-order valence-corrected chi connectivity index (χ1v) is 5.35. The molecule has 0 saturated carbocycles. The molecule has 0 bridgehead atoms. The molecule has 1 aromatic rings. The van der Waals surface area contributed by atoms with E-state index in [2.05, 4.69) is 0 Å². The Kier molecular flexibility index (Phi) is 2.65. The second-order valence-electron chi connectivity index (χ2n) is 4.25. The van der Waals surface area contributed by atoms with Gasteiger partial charge in [-0.1, -0.05) is 54.1 Å². The molecule has 0 heterocycles. The molecular weight excluding hydrogens is 198 g/mol. The van der Waals surface area contributed by atoms with Crippen LogP contribution in [-0.4, -0.2) is 5.91 Å². The number of hydrogen-bond donors (Lipinski definition) is 1. The molecule has 1 aromatic carbocycles. The van der Waals surface area contributed by atoms with Crippen LogP contribution in [0.5, 0.6) is 0 Å². The zero-order valence-corrected chi connectivity index (χ0v) is 9.31. The van der Waals surface area contributed by atoms with Crippen molar-refractivity contribution in [2.45, 2.75) is 18.8 Å². The summed E-state index contributed by atoms with van der Waals surface area (Å²) in [7, 11) is 0. The third kappa shape index (κ3) is 1.67. The van der Waals surface area contributed by atoms with Crippen molar-refractivity contribution in [2.24, 2.45) is 5.73 Å². The zero-order chi connectivity index (χ0) is 11.6. The fraction of sp³-hybridized carbons (Fsp3) is 0.214. The molecule has 1 atom stereocenters. The van der Waals surface area contributed by atoms with Gasteiger partial charge in [0.1, 0.15) is 0 Å². The fourth-order valence-corrected chi connectivity index (χ4v) is 2.18. The van der Waals surface area contributed by atoms with Crippen molar-refractivity contribution >= 4 is 5.91 Å². The minimum atomic E-state index is -0.667. The van der Waals surface area contributed by atoms with Crippen LogP contribution >= 0.6 is 0 Å². The number of carbonyl (C=O) groups is 1. The van der Waals surface area contributed by atoms with Gasteiger partial charge in [-0.2, -0.15) is 0 Å². The van der Waals surface area contributed by atoms with Crippen LogP contribution in [-0.2, 0) is 10.2 Å². The van der Waals surface area contributed by atoms with Gasteiger partial charge in [-0.05, 0) is 18.9 Å². The summed E-state index contributed by atoms with van der Waals surface area (Å²) < 4.78 is 0. The van der Waals surface area contributed by atoms with Crippen LogP contribution in [0.3, 0.4) is 0 Å². The Hall–Kier alpha value is -1.83. The third-order valence-corrected chi connectivity index (χ3v) is 3.05. The van der Waals surface area contributed by atoms with Crippen LogP contribution in [0.25, 0.3) is 0 Å². The summed E-state index contributed by atoms with van der Waals surface area (Å²) in [5, 5.41) is 0. The summed E-state index contributed by atoms with van der Waals surface area (Å²) in [5.41, 5.74) is 7.05. The van der Waals surface area contributed by atoms with Gasteiger partial charge < -0.3 is 5.73 Å². The Morgan fingerprint density at radius 1 is 1.31 bits per heavy atom. The van der Waals surface area contributed by atoms with Crippen LogP contribution in [0.15, 0.2) is 54.1 Å². The van der Waals surface area contributed by atoms with E-state index in [0.717, 1.165) is 5.56 Å². The zero-order valence-electron chi connectivity index (χ0n) is 9.31. The van der Waals surface area contributed by atoms with Crippen LogP contribution in [0.2, 0.25) is 0 Å². The normalized spacial score (nSPS) is 23.9. The summed E-state index contributed by atoms with van der Waals surface area (Å²) in [4.78, 5) is 11.8. The van der Waals surface area contributed by atoms with Gasteiger partial charge in [-0.3, -0.25) is 4.79 Å². The Balaban J connectivity index is 2.51. The SMILES string of the molecule is CC1=CC=CC(C(N)=O)(c2ccccc2)C1. The topological polar surface area (TPSA) is 43.1 Å². The number of hydrogen-bond acceptors (Lipinski definition) is 1. The monoisotopic (exact) mass is 213 g/mol. The third-order valence-electron chi connectivity index (χ3n) is 3.05. The predicted molar refractivity (Wildman–Crippen MR) is 64.8 cm³/mol. The summed E-state index contributed by atoms with van der Waals surface area (Å²) in [6.45, 7) is 2.02. The van der Waals surface area contributed by atoms with Crippen LogP contribution in [0.1, 0.15) is 18.9 Å². The van der Waals surface area contributed by atoms with E-state index in [-0.39, 0.29) is 5.91 Å². The summed E-state index contributed by atoms with van der Waals surface area (Å²) >= 11 is 0. The Morgan fingerprint density at radius 3 is 2.56 bits per heavy atom. The average Bonchev–Trinajstić information content (AvgIpc) is 2.30. The largest absolute Gasteiger partial charge is 0.369 e. The lowest BCUT2D eigenvalue weighted by atomic mass is 9.73. The molecule has 0 fully saturated rings. The van der Waals surface area contributed by atoms with E-state index in [0.29, 0.717) is 6.42 Å². The van der Waals surface area contributed by atoms with E-state index in [9.17, 15) is 4.79 Å². The fourth-order valence-electron chi connectivity index (χ4n) is 2.18. The van der Waals surface area contributed by atoms with E-state index in [1.54, 1.807) is 0 Å². The maximum Gasteiger partial charge on any atom is 0.232 e. The summed E-state index contributed by atoms with van der Waals surface area (Å²) in [6.07, 6.45) is 6.50. The first-order chi connectivity index (χ1) is 7.65. The lowest BCUT2D eigenvalue weighted by Gasteiger charge is -2.30. The summed E-state index contributed by atoms with van der Waals surface area (Å²) in [6, 6.07) is 9.71. The molecule has 16 heavy (non-hydrogen) atoms. The molecule has 0 aliphatic heterocycles. The summed E-state index contributed by atoms with van der Waals surface area (Å²) in [5.74, 6) is -0.289. The molecule has 2 rings (SSSR count). The van der Waals surface area contributed by atoms with Gasteiger partial charge in [-0.25, -0.2) is 0 Å². The van der Waals surface area contributed by atoms with Crippen molar-refractivity contribution in [1.29, 1.82) is 0 Å². The molecule has 0 aromatic heterocycles. The predicted octanol–water partition coefficient (Wildman–Crippen LogP) is 2.32. The number of carbonyl (C=O) groups excluding carboxylic acids is 1. The lowest BCUT2D eigenvalue weighted by Crippen LogP contribution is -2.40. The van der Waals surface area contributed by atoms with Crippen molar-refractivity contribution in [3.63, 3.8) is 0 Å². The molecule has 2 heteroatoms. The lowest BCUT2D eigenvalue weighted by molar-refractivity contribution is -0.122. The molecule has 0 radical (unpaired) electrons. The molecule has 82 valence electrons. The first-order valence-electron chi connectivity index (χ1n) is 5.35. The van der Waals surface area contributed by atoms with Gasteiger partial charge in [-0.15, -0.1) is 0 Å². The van der Waals surface area contributed by atoms with Gasteiger partial charge in [0.05, 0.1) is 5.41 Å². The number of nitrogens with two attached hydrogens (primary N) is 1. The molecule has 0 spiro atoms. The highest BCUT2D eigenvalue weighted by Gasteiger charge is 2.36.